The van der Waals surface area contributed by atoms with Gasteiger partial charge in [-0.2, -0.15) is 5.26 Å². The molecule has 1 atom stereocenters. The third kappa shape index (κ3) is 3.06. The zero-order valence-corrected chi connectivity index (χ0v) is 13.3. The van der Waals surface area contributed by atoms with E-state index in [0.29, 0.717) is 16.1 Å². The van der Waals surface area contributed by atoms with E-state index in [-0.39, 0.29) is 10.0 Å². The van der Waals surface area contributed by atoms with Gasteiger partial charge in [-0.15, -0.1) is 0 Å². The molecule has 0 radical (unpaired) electrons. The maximum Gasteiger partial charge on any atom is 0.186 e. The van der Waals surface area contributed by atoms with Gasteiger partial charge in [-0.1, -0.05) is 53.0 Å². The molecule has 0 saturated heterocycles. The van der Waals surface area contributed by atoms with Gasteiger partial charge in [-0.05, 0) is 30.7 Å². The van der Waals surface area contributed by atoms with Gasteiger partial charge in [-0.25, -0.2) is 0 Å². The fraction of sp³-hybridized carbons (Fsp3) is 0.125. The van der Waals surface area contributed by atoms with E-state index in [0.717, 1.165) is 5.56 Å². The number of carbonyl (C=O) groups is 1. The number of ketones is 1. The number of hydrogen-bond donors (Lipinski definition) is 0. The minimum absolute atomic E-state index is 0.283. The molecule has 0 bridgehead atoms. The molecule has 0 amide bonds. The predicted octanol–water partition coefficient (Wildman–Crippen LogP) is 5.45. The molecule has 106 valence electrons. The van der Waals surface area contributed by atoms with Crippen LogP contribution < -0.4 is 0 Å². The standard InChI is InChI=1S/C16H10Cl3NO/c1-9-4-2-5-10(15(9)19)16(21)11(8-20)14-12(17)6-3-7-13(14)18/h2-7,11H,1H3. The lowest BCUT2D eigenvalue weighted by atomic mass is 9.91. The maximum absolute atomic E-state index is 12.6. The van der Waals surface area contributed by atoms with Gasteiger partial charge in [0.1, 0.15) is 5.92 Å². The van der Waals surface area contributed by atoms with Gasteiger partial charge in [0.25, 0.3) is 0 Å². The summed E-state index contributed by atoms with van der Waals surface area (Å²) in [6, 6.07) is 11.9. The van der Waals surface area contributed by atoms with Crippen LogP contribution in [0.15, 0.2) is 36.4 Å². The van der Waals surface area contributed by atoms with Crippen molar-refractivity contribution in [2.45, 2.75) is 12.8 Å². The Balaban J connectivity index is 2.55. The fourth-order valence-electron chi connectivity index (χ4n) is 2.03. The fourth-order valence-corrected chi connectivity index (χ4v) is 2.87. The molecule has 2 rings (SSSR count). The second kappa shape index (κ2) is 6.49. The Kier molecular flexibility index (Phi) is 4.90. The van der Waals surface area contributed by atoms with E-state index in [2.05, 4.69) is 0 Å². The average molecular weight is 339 g/mol. The highest BCUT2D eigenvalue weighted by Gasteiger charge is 2.27. The molecule has 0 N–H and O–H groups in total. The lowest BCUT2D eigenvalue weighted by Crippen LogP contribution is -2.13. The van der Waals surface area contributed by atoms with Crippen LogP contribution in [0, 0.1) is 18.3 Å². The topological polar surface area (TPSA) is 40.9 Å². The van der Waals surface area contributed by atoms with Gasteiger partial charge in [-0.3, -0.25) is 4.79 Å². The lowest BCUT2D eigenvalue weighted by Gasteiger charge is -2.14. The van der Waals surface area contributed by atoms with Crippen molar-refractivity contribution < 1.29 is 4.79 Å². The molecule has 0 spiro atoms. The summed E-state index contributed by atoms with van der Waals surface area (Å²) in [4.78, 5) is 12.6. The predicted molar refractivity (Wildman–Crippen MR) is 85.3 cm³/mol. The van der Waals surface area contributed by atoms with E-state index >= 15 is 0 Å². The summed E-state index contributed by atoms with van der Waals surface area (Å²) in [6.07, 6.45) is 0. The van der Waals surface area contributed by atoms with Crippen molar-refractivity contribution in [3.05, 3.63) is 68.2 Å². The molecular formula is C16H10Cl3NO. The monoisotopic (exact) mass is 337 g/mol. The molecule has 2 nitrogen and oxygen atoms in total. The van der Waals surface area contributed by atoms with Crippen molar-refractivity contribution >= 4 is 40.6 Å². The quantitative estimate of drug-likeness (QED) is 0.699. The highest BCUT2D eigenvalue weighted by molar-refractivity contribution is 6.37. The summed E-state index contributed by atoms with van der Waals surface area (Å²) in [7, 11) is 0. The van der Waals surface area contributed by atoms with Crippen molar-refractivity contribution in [3.63, 3.8) is 0 Å². The Hall–Kier alpha value is -1.53. The van der Waals surface area contributed by atoms with Crippen LogP contribution in [-0.2, 0) is 0 Å². The number of rotatable bonds is 3. The number of nitriles is 1. The van der Waals surface area contributed by atoms with Crippen molar-refractivity contribution in [2.24, 2.45) is 0 Å². The molecule has 1 unspecified atom stereocenters. The van der Waals surface area contributed by atoms with Crippen LogP contribution in [0.5, 0.6) is 0 Å². The number of nitrogens with zero attached hydrogens (tertiary/aromatic N) is 1. The molecule has 5 heteroatoms. The number of hydrogen-bond acceptors (Lipinski definition) is 2. The van der Waals surface area contributed by atoms with Crippen molar-refractivity contribution in [1.29, 1.82) is 5.26 Å². The summed E-state index contributed by atoms with van der Waals surface area (Å²) in [5, 5.41) is 10.3. The third-order valence-electron chi connectivity index (χ3n) is 3.14. The normalized spacial score (nSPS) is 11.8. The third-order valence-corrected chi connectivity index (χ3v) is 4.30. The van der Waals surface area contributed by atoms with Crippen molar-refractivity contribution in [2.75, 3.05) is 0 Å². The molecule has 0 aliphatic carbocycles. The molecule has 0 aliphatic heterocycles. The Labute approximate surface area is 137 Å². The molecule has 2 aromatic rings. The Bertz CT molecular complexity index is 729. The Morgan fingerprint density at radius 1 is 1.10 bits per heavy atom. The molecule has 0 saturated carbocycles. The largest absolute Gasteiger partial charge is 0.292 e. The second-order valence-corrected chi connectivity index (χ2v) is 5.69. The van der Waals surface area contributed by atoms with Gasteiger partial charge in [0, 0.05) is 21.2 Å². The summed E-state index contributed by atoms with van der Waals surface area (Å²) >= 11 is 18.3. The minimum Gasteiger partial charge on any atom is -0.292 e. The van der Waals surface area contributed by atoms with Gasteiger partial charge in [0.15, 0.2) is 5.78 Å². The molecular weight excluding hydrogens is 329 g/mol. The molecule has 2 aromatic carbocycles. The van der Waals surface area contributed by atoms with Crippen LogP contribution in [0.2, 0.25) is 15.1 Å². The zero-order valence-electron chi connectivity index (χ0n) is 11.0. The summed E-state index contributed by atoms with van der Waals surface area (Å²) < 4.78 is 0. The SMILES string of the molecule is Cc1cccc(C(=O)C(C#N)c2c(Cl)cccc2Cl)c1Cl. The number of halogens is 3. The molecule has 0 heterocycles. The highest BCUT2D eigenvalue weighted by Crippen LogP contribution is 2.34. The van der Waals surface area contributed by atoms with E-state index in [4.69, 9.17) is 34.8 Å². The second-order valence-electron chi connectivity index (χ2n) is 4.50. The summed E-state index contributed by atoms with van der Waals surface area (Å²) in [5.74, 6) is -1.51. The zero-order chi connectivity index (χ0) is 15.6. The van der Waals surface area contributed by atoms with Gasteiger partial charge in [0.05, 0.1) is 11.1 Å². The maximum atomic E-state index is 12.6. The Morgan fingerprint density at radius 2 is 1.67 bits per heavy atom. The van der Waals surface area contributed by atoms with Gasteiger partial charge >= 0.3 is 0 Å². The molecule has 21 heavy (non-hydrogen) atoms. The lowest BCUT2D eigenvalue weighted by molar-refractivity contribution is 0.0979. The number of Topliss-reactive ketones (excluding diaryl/α,β-unsaturated/α-hetero) is 1. The van der Waals surface area contributed by atoms with Crippen LogP contribution in [0.1, 0.15) is 27.4 Å². The minimum atomic E-state index is -1.09. The van der Waals surface area contributed by atoms with Gasteiger partial charge < -0.3 is 0 Å². The first-order valence-electron chi connectivity index (χ1n) is 6.10. The first kappa shape index (κ1) is 15.9. The highest BCUT2D eigenvalue weighted by atomic mass is 35.5. The first-order chi connectivity index (χ1) is 9.97. The van der Waals surface area contributed by atoms with E-state index in [9.17, 15) is 10.1 Å². The molecule has 0 fully saturated rings. The van der Waals surface area contributed by atoms with E-state index in [1.807, 2.05) is 6.07 Å². The van der Waals surface area contributed by atoms with Crippen molar-refractivity contribution in [3.8, 4) is 6.07 Å². The number of benzene rings is 2. The van der Waals surface area contributed by atoms with Crippen LogP contribution in [0.4, 0.5) is 0 Å². The van der Waals surface area contributed by atoms with Crippen LogP contribution >= 0.6 is 34.8 Å². The van der Waals surface area contributed by atoms with Crippen molar-refractivity contribution in [1.82, 2.24) is 0 Å². The number of carbonyl (C=O) groups excluding carboxylic acids is 1. The van der Waals surface area contributed by atoms with Crippen LogP contribution in [0.3, 0.4) is 0 Å². The smallest absolute Gasteiger partial charge is 0.186 e. The van der Waals surface area contributed by atoms with E-state index < -0.39 is 11.7 Å². The van der Waals surface area contributed by atoms with E-state index in [1.54, 1.807) is 43.3 Å². The van der Waals surface area contributed by atoms with Gasteiger partial charge in [0.2, 0.25) is 0 Å². The number of aryl methyl sites for hydroxylation is 1. The first-order valence-corrected chi connectivity index (χ1v) is 7.23. The summed E-state index contributed by atoms with van der Waals surface area (Å²) in [6.45, 7) is 1.79. The van der Waals surface area contributed by atoms with Crippen LogP contribution in [0.25, 0.3) is 0 Å². The summed E-state index contributed by atoms with van der Waals surface area (Å²) in [5.41, 5.74) is 1.37. The van der Waals surface area contributed by atoms with E-state index in [1.165, 1.54) is 0 Å². The Morgan fingerprint density at radius 3 is 2.24 bits per heavy atom. The average Bonchev–Trinajstić information content (AvgIpc) is 2.45. The van der Waals surface area contributed by atoms with Crippen LogP contribution in [-0.4, -0.2) is 5.78 Å². The molecule has 0 aromatic heterocycles. The molecule has 0 aliphatic rings.